The molecule has 0 unspecified atom stereocenters. The fraction of sp³-hybridized carbons (Fsp3) is 0.750. The van der Waals surface area contributed by atoms with E-state index in [9.17, 15) is 15.3 Å². The minimum absolute atomic E-state index is 0.0585. The zero-order valence-electron chi connectivity index (χ0n) is 13.6. The van der Waals surface area contributed by atoms with Gasteiger partial charge in [-0.15, -0.1) is 0 Å². The van der Waals surface area contributed by atoms with Gasteiger partial charge in [-0.25, -0.2) is 0 Å². The van der Waals surface area contributed by atoms with E-state index in [1.165, 1.54) is 0 Å². The van der Waals surface area contributed by atoms with Gasteiger partial charge in [0.05, 0.1) is 19.8 Å². The molecule has 0 spiro atoms. The Bertz CT molecular complexity index is 405. The molecule has 1 rings (SSSR count). The van der Waals surface area contributed by atoms with E-state index in [1.807, 2.05) is 26.0 Å². The van der Waals surface area contributed by atoms with Crippen LogP contribution in [0.5, 0.6) is 0 Å². The number of allylic oxidation sites excluding steroid dienone is 2. The fourth-order valence-corrected chi connectivity index (χ4v) is 2.20. The Morgan fingerprint density at radius 2 is 1.70 bits per heavy atom. The molecule has 1 fully saturated rings. The smallest absolute Gasteiger partial charge is 0.187 e. The van der Waals surface area contributed by atoms with E-state index < -0.39 is 37.3 Å². The van der Waals surface area contributed by atoms with E-state index in [0.29, 0.717) is 0 Å². The van der Waals surface area contributed by atoms with E-state index in [2.05, 4.69) is 0 Å². The SMILES string of the molecule is C/C(=C/CC/C(C)=C/CO[C@@H]1O[C@H](CO)[C@@H](O)[C@H](O)[C@H]1O)CO. The van der Waals surface area contributed by atoms with Gasteiger partial charge in [0, 0.05) is 0 Å². The van der Waals surface area contributed by atoms with Gasteiger partial charge < -0.3 is 35.0 Å². The lowest BCUT2D eigenvalue weighted by Crippen LogP contribution is -2.59. The summed E-state index contributed by atoms with van der Waals surface area (Å²) in [6.45, 7) is 3.57. The number of ether oxygens (including phenoxy) is 2. The first-order valence-corrected chi connectivity index (χ1v) is 7.75. The lowest BCUT2D eigenvalue weighted by molar-refractivity contribution is -0.298. The Kier molecular flexibility index (Phi) is 8.93. The van der Waals surface area contributed by atoms with Gasteiger partial charge in [0.25, 0.3) is 0 Å². The second-order valence-corrected chi connectivity index (χ2v) is 5.83. The Hall–Kier alpha value is -0.800. The van der Waals surface area contributed by atoms with Crippen molar-refractivity contribution in [1.82, 2.24) is 0 Å². The van der Waals surface area contributed by atoms with Crippen molar-refractivity contribution in [1.29, 1.82) is 0 Å². The van der Waals surface area contributed by atoms with Gasteiger partial charge >= 0.3 is 0 Å². The molecule has 1 aliphatic heterocycles. The molecule has 0 saturated carbocycles. The summed E-state index contributed by atoms with van der Waals surface area (Å²) < 4.78 is 10.6. The van der Waals surface area contributed by atoms with Crippen molar-refractivity contribution in [2.24, 2.45) is 0 Å². The van der Waals surface area contributed by atoms with Gasteiger partial charge in [0.2, 0.25) is 0 Å². The lowest BCUT2D eigenvalue weighted by atomic mass is 9.99. The quantitative estimate of drug-likeness (QED) is 0.379. The third-order valence-electron chi connectivity index (χ3n) is 3.82. The molecule has 0 amide bonds. The van der Waals surface area contributed by atoms with Gasteiger partial charge in [-0.1, -0.05) is 23.3 Å². The molecular formula is C16H28O7. The van der Waals surface area contributed by atoms with Crippen molar-refractivity contribution in [3.8, 4) is 0 Å². The van der Waals surface area contributed by atoms with Crippen LogP contribution in [0, 0.1) is 0 Å². The van der Waals surface area contributed by atoms with Gasteiger partial charge in [-0.3, -0.25) is 0 Å². The largest absolute Gasteiger partial charge is 0.394 e. The molecule has 0 radical (unpaired) electrons. The number of hydrogen-bond acceptors (Lipinski definition) is 7. The normalized spacial score (nSPS) is 33.1. The molecule has 1 aliphatic rings. The van der Waals surface area contributed by atoms with Gasteiger partial charge in [0.15, 0.2) is 6.29 Å². The third-order valence-corrected chi connectivity index (χ3v) is 3.82. The fourth-order valence-electron chi connectivity index (χ4n) is 2.20. The average Bonchev–Trinajstić information content (AvgIpc) is 2.54. The summed E-state index contributed by atoms with van der Waals surface area (Å²) >= 11 is 0. The predicted octanol–water partition coefficient (Wildman–Crippen LogP) is -0.532. The maximum absolute atomic E-state index is 9.82. The minimum atomic E-state index is -1.43. The van der Waals surface area contributed by atoms with E-state index in [1.54, 1.807) is 0 Å². The number of aliphatic hydroxyl groups is 5. The molecular weight excluding hydrogens is 304 g/mol. The Morgan fingerprint density at radius 3 is 2.30 bits per heavy atom. The first-order chi connectivity index (χ1) is 10.9. The topological polar surface area (TPSA) is 120 Å². The highest BCUT2D eigenvalue weighted by Crippen LogP contribution is 2.22. The summed E-state index contributed by atoms with van der Waals surface area (Å²) in [6, 6.07) is 0. The highest BCUT2D eigenvalue weighted by molar-refractivity contribution is 5.03. The number of rotatable bonds is 8. The average molecular weight is 332 g/mol. The van der Waals surface area contributed by atoms with Crippen molar-refractivity contribution in [3.05, 3.63) is 23.3 Å². The van der Waals surface area contributed by atoms with E-state index in [0.717, 1.165) is 24.0 Å². The molecule has 0 aromatic carbocycles. The van der Waals surface area contributed by atoms with E-state index >= 15 is 0 Å². The predicted molar refractivity (Wildman–Crippen MR) is 83.6 cm³/mol. The van der Waals surface area contributed by atoms with Crippen molar-refractivity contribution in [2.75, 3.05) is 19.8 Å². The monoisotopic (exact) mass is 332 g/mol. The zero-order valence-corrected chi connectivity index (χ0v) is 13.6. The summed E-state index contributed by atoms with van der Waals surface area (Å²) in [6.07, 6.45) is -0.821. The zero-order chi connectivity index (χ0) is 17.4. The van der Waals surface area contributed by atoms with E-state index in [-0.39, 0.29) is 13.2 Å². The maximum atomic E-state index is 9.82. The van der Waals surface area contributed by atoms with Crippen molar-refractivity contribution in [2.45, 2.75) is 57.4 Å². The molecule has 0 bridgehead atoms. The van der Waals surface area contributed by atoms with Gasteiger partial charge in [-0.05, 0) is 26.7 Å². The Balaban J connectivity index is 2.42. The molecule has 5 N–H and O–H groups in total. The van der Waals surface area contributed by atoms with Crippen molar-refractivity contribution in [3.63, 3.8) is 0 Å². The minimum Gasteiger partial charge on any atom is -0.394 e. The molecule has 7 nitrogen and oxygen atoms in total. The van der Waals surface area contributed by atoms with Gasteiger partial charge in [-0.2, -0.15) is 0 Å². The van der Waals surface area contributed by atoms with Crippen LogP contribution in [0.1, 0.15) is 26.7 Å². The highest BCUT2D eigenvalue weighted by atomic mass is 16.7. The summed E-state index contributed by atoms with van der Waals surface area (Å²) in [4.78, 5) is 0. The van der Waals surface area contributed by atoms with Crippen LogP contribution in [0.15, 0.2) is 23.3 Å². The molecule has 0 aromatic rings. The second kappa shape index (κ2) is 10.1. The first kappa shape index (κ1) is 20.2. The summed E-state index contributed by atoms with van der Waals surface area (Å²) in [7, 11) is 0. The Morgan fingerprint density at radius 1 is 1.00 bits per heavy atom. The van der Waals surface area contributed by atoms with Crippen molar-refractivity contribution < 1.29 is 35.0 Å². The van der Waals surface area contributed by atoms with Crippen LogP contribution in [0.2, 0.25) is 0 Å². The molecule has 0 aromatic heterocycles. The van der Waals surface area contributed by atoms with Crippen LogP contribution in [0.3, 0.4) is 0 Å². The summed E-state index contributed by atoms with van der Waals surface area (Å²) in [5.74, 6) is 0. The van der Waals surface area contributed by atoms with E-state index in [4.69, 9.17) is 19.7 Å². The molecule has 1 heterocycles. The molecule has 5 atom stereocenters. The molecule has 134 valence electrons. The Labute approximate surface area is 136 Å². The van der Waals surface area contributed by atoms with Crippen LogP contribution in [-0.2, 0) is 9.47 Å². The van der Waals surface area contributed by atoms with Crippen molar-refractivity contribution >= 4 is 0 Å². The second-order valence-electron chi connectivity index (χ2n) is 5.83. The van der Waals surface area contributed by atoms with Gasteiger partial charge in [0.1, 0.15) is 24.4 Å². The van der Waals surface area contributed by atoms with Crippen LogP contribution < -0.4 is 0 Å². The van der Waals surface area contributed by atoms with Crippen LogP contribution in [0.4, 0.5) is 0 Å². The molecule has 23 heavy (non-hydrogen) atoms. The summed E-state index contributed by atoms with van der Waals surface area (Å²) in [5.41, 5.74) is 2.01. The molecule has 1 saturated heterocycles. The standard InChI is InChI=1S/C16H28O7/c1-10(4-3-5-11(2)8-17)6-7-22-16-15(21)14(20)13(19)12(9-18)23-16/h5-6,12-21H,3-4,7-9H2,1-2H3/b10-6+,11-5-/t12-,13-,14+,15-,16-/m1/s1. The van der Waals surface area contributed by atoms with Crippen LogP contribution in [0.25, 0.3) is 0 Å². The highest BCUT2D eigenvalue weighted by Gasteiger charge is 2.43. The number of aliphatic hydroxyl groups excluding tert-OH is 5. The lowest BCUT2D eigenvalue weighted by Gasteiger charge is -2.39. The summed E-state index contributed by atoms with van der Waals surface area (Å²) in [5, 5.41) is 47.1. The molecule has 0 aliphatic carbocycles. The first-order valence-electron chi connectivity index (χ1n) is 7.75. The third kappa shape index (κ3) is 6.31. The molecule has 7 heteroatoms. The van der Waals surface area contributed by atoms with Crippen LogP contribution in [-0.4, -0.2) is 76.1 Å². The maximum Gasteiger partial charge on any atom is 0.187 e. The van der Waals surface area contributed by atoms with Crippen LogP contribution >= 0.6 is 0 Å². The number of hydrogen-bond donors (Lipinski definition) is 5.